The number of carboxylic acids is 1. The Morgan fingerprint density at radius 3 is 1.33 bits per heavy atom. The van der Waals surface area contributed by atoms with Crippen molar-refractivity contribution >= 4 is 17.8 Å². The van der Waals surface area contributed by atoms with Crippen molar-refractivity contribution in [3.63, 3.8) is 0 Å². The van der Waals surface area contributed by atoms with E-state index < -0.39 is 155 Å². The summed E-state index contributed by atoms with van der Waals surface area (Å²) in [6.07, 6.45) is 35.2. The van der Waals surface area contributed by atoms with E-state index in [0.717, 1.165) is 51.9 Å². The van der Waals surface area contributed by atoms with Crippen LogP contribution in [0.4, 0.5) is 0 Å². The van der Waals surface area contributed by atoms with E-state index in [4.69, 9.17) is 28.4 Å². The summed E-state index contributed by atoms with van der Waals surface area (Å²) < 4.78 is 34.9. The number of hydrogen-bond donors (Lipinski definition) is 14. The number of rotatable bonds is 64. The quantitative estimate of drug-likeness (QED) is 0.0199. The van der Waals surface area contributed by atoms with Crippen molar-refractivity contribution in [2.24, 2.45) is 0 Å². The topological polar surface area (TPSA) is 373 Å². The fraction of sp³-hybridized carbons (Fsp3) is 0.911. The van der Waals surface area contributed by atoms with Gasteiger partial charge in [0.15, 0.2) is 12.6 Å². The minimum atomic E-state index is -3.08. The second-order valence-corrected chi connectivity index (χ2v) is 29.6. The highest BCUT2D eigenvalue weighted by Crippen LogP contribution is 2.39. The van der Waals surface area contributed by atoms with Gasteiger partial charge >= 0.3 is 5.97 Å². The lowest BCUT2D eigenvalue weighted by atomic mass is 9.88. The number of aliphatic hydroxyl groups is 11. The molecule has 3 rings (SSSR count). The number of carbonyl (C=O) groups is 3. The summed E-state index contributed by atoms with van der Waals surface area (Å²) in [5, 5.41) is 136. The number of aliphatic carboxylic acids is 1. The normalized spacial score (nSPS) is 26.7. The Morgan fingerprint density at radius 1 is 0.510 bits per heavy atom. The molecular weight excluding hydrogens is 1310 g/mol. The van der Waals surface area contributed by atoms with Crippen LogP contribution in [0.2, 0.25) is 0 Å². The van der Waals surface area contributed by atoms with Gasteiger partial charge in [0.05, 0.1) is 50.7 Å². The van der Waals surface area contributed by atoms with Crippen LogP contribution in [0.1, 0.15) is 323 Å². The molecule has 3 heterocycles. The molecule has 2 amide bonds. The van der Waals surface area contributed by atoms with E-state index in [-0.39, 0.29) is 12.3 Å². The lowest BCUT2D eigenvalue weighted by molar-refractivity contribution is -0.386. The molecule has 14 N–H and O–H groups in total. The Balaban J connectivity index is 1.46. The number of aliphatic hydroxyl groups excluding tert-OH is 11. The number of allylic oxidation sites excluding steroid dienone is 3. The van der Waals surface area contributed by atoms with Gasteiger partial charge in [-0.15, -0.1) is 0 Å². The Kier molecular flexibility index (Phi) is 53.4. The van der Waals surface area contributed by atoms with Crippen LogP contribution < -0.4 is 10.6 Å². The van der Waals surface area contributed by atoms with E-state index in [0.29, 0.717) is 12.8 Å². The monoisotopic (exact) mass is 1460 g/mol. The van der Waals surface area contributed by atoms with Crippen molar-refractivity contribution in [2.75, 3.05) is 26.4 Å². The molecule has 18 atom stereocenters. The maximum Gasteiger partial charge on any atom is 0.364 e. The first-order valence-corrected chi connectivity index (χ1v) is 40.7. The van der Waals surface area contributed by atoms with Gasteiger partial charge in [0.1, 0.15) is 67.1 Å². The number of carbonyl (C=O) groups excluding carboxylic acids is 2. The molecular formula is C79H146N2O21. The maximum absolute atomic E-state index is 13.5. The van der Waals surface area contributed by atoms with Crippen molar-refractivity contribution in [2.45, 2.75) is 432 Å². The van der Waals surface area contributed by atoms with E-state index in [1.807, 2.05) is 6.08 Å². The zero-order valence-corrected chi connectivity index (χ0v) is 63.2. The van der Waals surface area contributed by atoms with Crippen LogP contribution in [0.3, 0.4) is 0 Å². The van der Waals surface area contributed by atoms with Crippen LogP contribution in [-0.4, -0.2) is 215 Å². The molecule has 3 aliphatic heterocycles. The van der Waals surface area contributed by atoms with Gasteiger partial charge in [-0.1, -0.05) is 282 Å². The van der Waals surface area contributed by atoms with Crippen LogP contribution in [-0.2, 0) is 42.8 Å². The lowest BCUT2D eigenvalue weighted by Crippen LogP contribution is -2.70. The van der Waals surface area contributed by atoms with Gasteiger partial charge < -0.3 is 100 Å². The molecule has 0 radical (unpaired) electrons. The van der Waals surface area contributed by atoms with Crippen LogP contribution in [0.5, 0.6) is 0 Å². The SMILES string of the molecule is CCCCCCCCCCCCCC/C=C\CCCCCCCCCCCCCCCCCCCC(=O)NC(COC1OC(CO)C(OC2OC(CO)C(O)C(OC3(C(=O)O)CC(O)C(NC(C)=O)C(C(O)C(O)CO)O3)C2O)C(O)C1O)C(O)/C=C/CCCCCCCCCCCCCCC. The number of carboxylic acid groups (broad SMARTS) is 1. The van der Waals surface area contributed by atoms with Crippen molar-refractivity contribution in [3.8, 4) is 0 Å². The summed E-state index contributed by atoms with van der Waals surface area (Å²) >= 11 is 0. The van der Waals surface area contributed by atoms with Gasteiger partial charge in [0.2, 0.25) is 11.8 Å². The molecule has 0 aromatic carbocycles. The van der Waals surface area contributed by atoms with E-state index in [2.05, 4.69) is 36.6 Å². The van der Waals surface area contributed by atoms with Gasteiger partial charge in [-0.25, -0.2) is 4.79 Å². The Bertz CT molecular complexity index is 2130. The largest absolute Gasteiger partial charge is 0.477 e. The van der Waals surface area contributed by atoms with Crippen molar-refractivity contribution in [3.05, 3.63) is 24.3 Å². The van der Waals surface area contributed by atoms with Crippen LogP contribution in [0.25, 0.3) is 0 Å². The van der Waals surface area contributed by atoms with Gasteiger partial charge in [-0.05, 0) is 44.9 Å². The molecule has 0 saturated carbocycles. The molecule has 3 saturated heterocycles. The Morgan fingerprint density at radius 2 is 0.922 bits per heavy atom. The second-order valence-electron chi connectivity index (χ2n) is 29.6. The molecule has 18 unspecified atom stereocenters. The van der Waals surface area contributed by atoms with Gasteiger partial charge in [-0.3, -0.25) is 9.59 Å². The van der Waals surface area contributed by atoms with Crippen LogP contribution in [0, 0.1) is 0 Å². The first kappa shape index (κ1) is 93.4. The minimum Gasteiger partial charge on any atom is -0.477 e. The highest BCUT2D eigenvalue weighted by molar-refractivity contribution is 5.77. The highest BCUT2D eigenvalue weighted by atomic mass is 16.8. The van der Waals surface area contributed by atoms with Gasteiger partial charge in [0.25, 0.3) is 5.79 Å². The number of hydrogen-bond acceptors (Lipinski definition) is 20. The molecule has 0 spiro atoms. The first-order valence-electron chi connectivity index (χ1n) is 40.7. The predicted octanol–water partition coefficient (Wildman–Crippen LogP) is 10.7. The molecule has 3 fully saturated rings. The number of nitrogens with one attached hydrogen (secondary N) is 2. The highest BCUT2D eigenvalue weighted by Gasteiger charge is 2.60. The molecule has 0 bridgehead atoms. The Labute approximate surface area is 613 Å². The molecule has 0 aromatic rings. The fourth-order valence-electron chi connectivity index (χ4n) is 14.2. The molecule has 23 heteroatoms. The third-order valence-corrected chi connectivity index (χ3v) is 20.6. The summed E-state index contributed by atoms with van der Waals surface area (Å²) in [7, 11) is 0. The van der Waals surface area contributed by atoms with E-state index in [1.165, 1.54) is 231 Å². The third-order valence-electron chi connectivity index (χ3n) is 20.6. The molecule has 102 heavy (non-hydrogen) atoms. The van der Waals surface area contributed by atoms with Crippen molar-refractivity contribution in [1.82, 2.24) is 10.6 Å². The summed E-state index contributed by atoms with van der Waals surface area (Å²) in [6, 6.07) is -2.62. The predicted molar refractivity (Wildman–Crippen MR) is 394 cm³/mol. The first-order chi connectivity index (χ1) is 49.4. The van der Waals surface area contributed by atoms with Crippen molar-refractivity contribution in [1.29, 1.82) is 0 Å². The average Bonchev–Trinajstić information content (AvgIpc) is 0.756. The summed E-state index contributed by atoms with van der Waals surface area (Å²) in [6.45, 7) is 2.17. The maximum atomic E-state index is 13.5. The minimum absolute atomic E-state index is 0.203. The third kappa shape index (κ3) is 38.3. The molecule has 23 nitrogen and oxygen atoms in total. The summed E-state index contributed by atoms with van der Waals surface area (Å²) in [5.41, 5.74) is 0. The molecule has 3 aliphatic rings. The van der Waals surface area contributed by atoms with E-state index in [9.17, 15) is 75.7 Å². The smallest absolute Gasteiger partial charge is 0.364 e. The number of unbranched alkanes of at least 4 members (excludes halogenated alkanes) is 42. The van der Waals surface area contributed by atoms with E-state index in [1.54, 1.807) is 6.08 Å². The van der Waals surface area contributed by atoms with Gasteiger partial charge in [0, 0.05) is 19.8 Å². The second kappa shape index (κ2) is 58.3. The average molecular weight is 1460 g/mol. The summed E-state index contributed by atoms with van der Waals surface area (Å²) in [5.74, 6) is -6.14. The van der Waals surface area contributed by atoms with Gasteiger partial charge in [-0.2, -0.15) is 0 Å². The number of ether oxygens (including phenoxy) is 6. The Hall–Kier alpha value is -2.79. The van der Waals surface area contributed by atoms with Crippen molar-refractivity contribution < 1.29 is 104 Å². The fourth-order valence-corrected chi connectivity index (χ4v) is 14.2. The molecule has 0 aliphatic carbocycles. The molecule has 598 valence electrons. The summed E-state index contributed by atoms with van der Waals surface area (Å²) in [4.78, 5) is 38.7. The zero-order chi connectivity index (χ0) is 74.6. The number of amides is 2. The van der Waals surface area contributed by atoms with E-state index >= 15 is 0 Å². The van der Waals surface area contributed by atoms with Crippen LogP contribution in [0.15, 0.2) is 24.3 Å². The molecule has 0 aromatic heterocycles. The standard InChI is InChI=1S/C79H146N2O21/c1-4-6-8-10-12-14-16-18-20-21-22-23-24-25-26-27-28-29-30-31-32-33-34-35-36-37-39-41-43-45-47-49-51-53-66(89)81-60(61(86)52-50-48-46-44-42-40-38-19-17-15-13-11-9-7-5-2)58-97-76-71(93)70(92)73(65(57-84)99-76)100-77-72(94)75(69(91)64(56-83)98-77)102-79(78(95)96)54-62(87)67(80-59(3)85)74(101-79)68(90)63(88)55-82/h25-26,50,52,60-65,67-77,82-84,86-88,90-94H,4-24,27-49,51,53-58H2,1-3H3,(H,80,85)(H,81,89)(H,95,96)/b26-25-,52-50+. The lowest BCUT2D eigenvalue weighted by Gasteiger charge is -2.50. The van der Waals surface area contributed by atoms with Crippen LogP contribution >= 0.6 is 0 Å². The zero-order valence-electron chi connectivity index (χ0n) is 63.2.